The van der Waals surface area contributed by atoms with Gasteiger partial charge in [-0.3, -0.25) is 14.9 Å². The van der Waals surface area contributed by atoms with E-state index in [0.717, 1.165) is 5.56 Å². The normalized spacial score (nSPS) is 11.0. The van der Waals surface area contributed by atoms with E-state index >= 15 is 0 Å². The van der Waals surface area contributed by atoms with Gasteiger partial charge in [-0.2, -0.15) is 0 Å². The molecule has 0 aliphatic rings. The lowest BCUT2D eigenvalue weighted by Crippen LogP contribution is -2.09. The van der Waals surface area contributed by atoms with Crippen LogP contribution in [0.2, 0.25) is 0 Å². The molecule has 3 rings (SSSR count). The molecule has 5 heteroatoms. The number of Topliss-reactive ketones (excluding diaryl/α,β-unsaturated/α-hetero) is 1. The average Bonchev–Trinajstić information content (AvgIpc) is 2.69. The van der Waals surface area contributed by atoms with Gasteiger partial charge in [-0.25, -0.2) is 0 Å². The van der Waals surface area contributed by atoms with Crippen molar-refractivity contribution in [1.82, 2.24) is 0 Å². The molecular weight excluding hydrogens is 330 g/mol. The number of nitro benzene ring substituents is 1. The maximum Gasteiger partial charge on any atom is 0.269 e. The van der Waals surface area contributed by atoms with Crippen molar-refractivity contribution in [3.05, 3.63) is 112 Å². The Morgan fingerprint density at radius 2 is 1.42 bits per heavy atom. The molecule has 0 saturated carbocycles. The first kappa shape index (κ1) is 17.1. The lowest BCUT2D eigenvalue weighted by atomic mass is 10.1. The molecule has 3 aromatic carbocycles. The van der Waals surface area contributed by atoms with Crippen molar-refractivity contribution in [2.24, 2.45) is 0 Å². The second-order valence-corrected chi connectivity index (χ2v) is 5.47. The smallest absolute Gasteiger partial charge is 0.269 e. The molecule has 5 nitrogen and oxygen atoms in total. The molecule has 0 heterocycles. The minimum absolute atomic E-state index is 0.0414. The highest BCUT2D eigenvalue weighted by Gasteiger charge is 2.15. The van der Waals surface area contributed by atoms with E-state index < -0.39 is 4.92 Å². The van der Waals surface area contributed by atoms with Gasteiger partial charge in [0.2, 0.25) is 5.78 Å². The molecule has 0 bridgehead atoms. The SMILES string of the molecule is O=C(/C(=C\c1ccccc1)Oc1ccc([N+](=O)[O-])cc1)c1ccccc1. The summed E-state index contributed by atoms with van der Waals surface area (Å²) >= 11 is 0. The molecule has 3 aromatic rings. The zero-order chi connectivity index (χ0) is 18.4. The number of non-ortho nitro benzene ring substituents is 1. The summed E-state index contributed by atoms with van der Waals surface area (Å²) in [4.78, 5) is 23.1. The zero-order valence-corrected chi connectivity index (χ0v) is 13.7. The fourth-order valence-electron chi connectivity index (χ4n) is 2.34. The first-order chi connectivity index (χ1) is 12.6. The van der Waals surface area contributed by atoms with E-state index in [4.69, 9.17) is 4.74 Å². The molecule has 26 heavy (non-hydrogen) atoms. The standard InChI is InChI=1S/C21H15NO4/c23-21(17-9-5-2-6-10-17)20(15-16-7-3-1-4-8-16)26-19-13-11-18(12-14-19)22(24)25/h1-15H/b20-15+. The van der Waals surface area contributed by atoms with Gasteiger partial charge < -0.3 is 4.74 Å². The van der Waals surface area contributed by atoms with Gasteiger partial charge in [0.15, 0.2) is 5.76 Å². The summed E-state index contributed by atoms with van der Waals surface area (Å²) in [5.74, 6) is 0.214. The number of allylic oxidation sites excluding steroid dienone is 1. The van der Waals surface area contributed by atoms with Crippen molar-refractivity contribution >= 4 is 17.5 Å². The third-order valence-electron chi connectivity index (χ3n) is 3.63. The van der Waals surface area contributed by atoms with Gasteiger partial charge in [-0.05, 0) is 23.8 Å². The van der Waals surface area contributed by atoms with Crippen LogP contribution in [0.1, 0.15) is 15.9 Å². The number of hydrogen-bond donors (Lipinski definition) is 0. The lowest BCUT2D eigenvalue weighted by molar-refractivity contribution is -0.384. The van der Waals surface area contributed by atoms with Crippen LogP contribution in [-0.2, 0) is 0 Å². The van der Waals surface area contributed by atoms with Crippen molar-refractivity contribution < 1.29 is 14.5 Å². The minimum Gasteiger partial charge on any atom is -0.453 e. The summed E-state index contributed by atoms with van der Waals surface area (Å²) < 4.78 is 5.76. The Kier molecular flexibility index (Phi) is 5.19. The molecule has 0 amide bonds. The van der Waals surface area contributed by atoms with Crippen LogP contribution < -0.4 is 4.74 Å². The van der Waals surface area contributed by atoms with Gasteiger partial charge >= 0.3 is 0 Å². The highest BCUT2D eigenvalue weighted by Crippen LogP contribution is 2.22. The Hall–Kier alpha value is -3.73. The van der Waals surface area contributed by atoms with E-state index in [-0.39, 0.29) is 17.2 Å². The third-order valence-corrected chi connectivity index (χ3v) is 3.63. The van der Waals surface area contributed by atoms with E-state index in [0.29, 0.717) is 11.3 Å². The maximum absolute atomic E-state index is 12.8. The summed E-state index contributed by atoms with van der Waals surface area (Å²) in [5.41, 5.74) is 1.27. The van der Waals surface area contributed by atoms with Gasteiger partial charge in [0.05, 0.1) is 4.92 Å². The van der Waals surface area contributed by atoms with Gasteiger partial charge in [-0.1, -0.05) is 60.7 Å². The number of benzene rings is 3. The van der Waals surface area contributed by atoms with Crippen LogP contribution >= 0.6 is 0 Å². The quantitative estimate of drug-likeness (QED) is 0.209. The number of ether oxygens (including phenoxy) is 1. The molecule has 0 aliphatic carbocycles. The fraction of sp³-hybridized carbons (Fsp3) is 0. The third kappa shape index (κ3) is 4.21. The van der Waals surface area contributed by atoms with Crippen LogP contribution in [-0.4, -0.2) is 10.7 Å². The summed E-state index contributed by atoms with van der Waals surface area (Å²) in [7, 11) is 0. The molecule has 128 valence electrons. The van der Waals surface area contributed by atoms with Gasteiger partial charge in [-0.15, -0.1) is 0 Å². The largest absolute Gasteiger partial charge is 0.453 e. The Morgan fingerprint density at radius 3 is 2.00 bits per heavy atom. The van der Waals surface area contributed by atoms with Crippen LogP contribution in [0.15, 0.2) is 90.7 Å². The summed E-state index contributed by atoms with van der Waals surface area (Å²) in [5, 5.41) is 10.8. The van der Waals surface area contributed by atoms with Gasteiger partial charge in [0.25, 0.3) is 5.69 Å². The van der Waals surface area contributed by atoms with Crippen molar-refractivity contribution in [3.63, 3.8) is 0 Å². The topological polar surface area (TPSA) is 69.4 Å². The zero-order valence-electron chi connectivity index (χ0n) is 13.7. The summed E-state index contributed by atoms with van der Waals surface area (Å²) in [6.07, 6.45) is 1.65. The first-order valence-corrected chi connectivity index (χ1v) is 7.92. The van der Waals surface area contributed by atoms with E-state index in [1.54, 1.807) is 30.3 Å². The highest BCUT2D eigenvalue weighted by molar-refractivity contribution is 6.10. The van der Waals surface area contributed by atoms with Crippen molar-refractivity contribution in [1.29, 1.82) is 0 Å². The molecule has 0 spiro atoms. The molecule has 0 aromatic heterocycles. The predicted octanol–water partition coefficient (Wildman–Crippen LogP) is 4.90. The minimum atomic E-state index is -0.486. The number of carbonyl (C=O) groups excluding carboxylic acids is 1. The number of carbonyl (C=O) groups is 1. The number of nitrogens with zero attached hydrogens (tertiary/aromatic N) is 1. The molecular formula is C21H15NO4. The Bertz CT molecular complexity index is 933. The molecule has 0 N–H and O–H groups in total. The predicted molar refractivity (Wildman–Crippen MR) is 98.9 cm³/mol. The van der Waals surface area contributed by atoms with E-state index in [2.05, 4.69) is 0 Å². The first-order valence-electron chi connectivity index (χ1n) is 7.92. The Morgan fingerprint density at radius 1 is 0.846 bits per heavy atom. The maximum atomic E-state index is 12.8. The van der Waals surface area contributed by atoms with Crippen molar-refractivity contribution in [2.45, 2.75) is 0 Å². The highest BCUT2D eigenvalue weighted by atomic mass is 16.6. The molecule has 0 atom stereocenters. The fourth-order valence-corrected chi connectivity index (χ4v) is 2.34. The lowest BCUT2D eigenvalue weighted by Gasteiger charge is -2.10. The summed E-state index contributed by atoms with van der Waals surface area (Å²) in [6.45, 7) is 0. The molecule has 0 saturated heterocycles. The summed E-state index contributed by atoms with van der Waals surface area (Å²) in [6, 6.07) is 23.7. The van der Waals surface area contributed by atoms with E-state index in [1.807, 2.05) is 36.4 Å². The van der Waals surface area contributed by atoms with Crippen molar-refractivity contribution in [3.8, 4) is 5.75 Å². The average molecular weight is 345 g/mol. The number of hydrogen-bond acceptors (Lipinski definition) is 4. The van der Waals surface area contributed by atoms with E-state index in [1.165, 1.54) is 24.3 Å². The van der Waals surface area contributed by atoms with Crippen molar-refractivity contribution in [2.75, 3.05) is 0 Å². The number of nitro groups is 1. The van der Waals surface area contributed by atoms with Crippen LogP contribution in [0.4, 0.5) is 5.69 Å². The number of ketones is 1. The van der Waals surface area contributed by atoms with Crippen LogP contribution in [0, 0.1) is 10.1 Å². The van der Waals surface area contributed by atoms with Crippen LogP contribution in [0.5, 0.6) is 5.75 Å². The molecule has 0 fully saturated rings. The Labute approximate surface area is 150 Å². The second kappa shape index (κ2) is 7.90. The van der Waals surface area contributed by atoms with Gasteiger partial charge in [0.1, 0.15) is 5.75 Å². The second-order valence-electron chi connectivity index (χ2n) is 5.47. The molecule has 0 aliphatic heterocycles. The van der Waals surface area contributed by atoms with Gasteiger partial charge in [0, 0.05) is 17.7 Å². The van der Waals surface area contributed by atoms with Crippen LogP contribution in [0.3, 0.4) is 0 Å². The monoisotopic (exact) mass is 345 g/mol. The van der Waals surface area contributed by atoms with E-state index in [9.17, 15) is 14.9 Å². The Balaban J connectivity index is 1.94. The number of rotatable bonds is 6. The molecule has 0 unspecified atom stereocenters. The molecule has 0 radical (unpaired) electrons. The van der Waals surface area contributed by atoms with Crippen LogP contribution in [0.25, 0.3) is 6.08 Å².